The molecule has 1 aliphatic heterocycles. The quantitative estimate of drug-likeness (QED) is 0.451. The second-order valence-corrected chi connectivity index (χ2v) is 8.36. The molecule has 3 rings (SSSR count). The van der Waals surface area contributed by atoms with Crippen molar-refractivity contribution in [2.24, 2.45) is 0 Å². The SMILES string of the molecule is CCCCOC(C(=O)O)c1c(C(F)(F)F)ccc(C(C)C)c1-c1ccc2c(c1)CCCO2. The van der Waals surface area contributed by atoms with Crippen molar-refractivity contribution in [3.63, 3.8) is 0 Å². The van der Waals surface area contributed by atoms with Gasteiger partial charge in [-0.25, -0.2) is 4.79 Å². The molecule has 0 aromatic heterocycles. The van der Waals surface area contributed by atoms with Crippen LogP contribution < -0.4 is 4.74 Å². The van der Waals surface area contributed by atoms with E-state index in [0.717, 1.165) is 30.9 Å². The van der Waals surface area contributed by atoms with E-state index in [1.165, 1.54) is 6.07 Å². The van der Waals surface area contributed by atoms with Crippen molar-refractivity contribution in [3.8, 4) is 16.9 Å². The van der Waals surface area contributed by atoms with E-state index in [1.807, 2.05) is 26.8 Å². The third-order valence-electron chi connectivity index (χ3n) is 5.67. The summed E-state index contributed by atoms with van der Waals surface area (Å²) >= 11 is 0. The maximum absolute atomic E-state index is 14.1. The van der Waals surface area contributed by atoms with Crippen molar-refractivity contribution < 1.29 is 32.5 Å². The van der Waals surface area contributed by atoms with Crippen LogP contribution in [0, 0.1) is 0 Å². The van der Waals surface area contributed by atoms with Crippen LogP contribution in [0.1, 0.15) is 74.3 Å². The third kappa shape index (κ3) is 5.09. The summed E-state index contributed by atoms with van der Waals surface area (Å²) in [4.78, 5) is 12.2. The molecule has 0 aliphatic carbocycles. The molecule has 7 heteroatoms. The zero-order chi connectivity index (χ0) is 23.5. The number of ether oxygens (including phenoxy) is 2. The van der Waals surface area contributed by atoms with E-state index in [1.54, 1.807) is 12.1 Å². The Morgan fingerprint density at radius 3 is 2.59 bits per heavy atom. The molecule has 0 fully saturated rings. The molecule has 1 unspecified atom stereocenters. The van der Waals surface area contributed by atoms with Crippen LogP contribution in [0.25, 0.3) is 11.1 Å². The van der Waals surface area contributed by atoms with E-state index < -0.39 is 23.8 Å². The molecule has 174 valence electrons. The van der Waals surface area contributed by atoms with Crippen LogP contribution in [0.15, 0.2) is 30.3 Å². The highest BCUT2D eigenvalue weighted by atomic mass is 19.4. The predicted molar refractivity (Wildman–Crippen MR) is 116 cm³/mol. The lowest BCUT2D eigenvalue weighted by Gasteiger charge is -2.27. The van der Waals surface area contributed by atoms with Gasteiger partial charge >= 0.3 is 12.1 Å². The fourth-order valence-electron chi connectivity index (χ4n) is 4.10. The monoisotopic (exact) mass is 450 g/mol. The lowest BCUT2D eigenvalue weighted by molar-refractivity contribution is -0.153. The van der Waals surface area contributed by atoms with Gasteiger partial charge in [0.05, 0.1) is 12.2 Å². The van der Waals surface area contributed by atoms with E-state index in [2.05, 4.69) is 0 Å². The number of fused-ring (bicyclic) bond motifs is 1. The minimum atomic E-state index is -4.72. The smallest absolute Gasteiger partial charge is 0.416 e. The molecule has 0 spiro atoms. The van der Waals surface area contributed by atoms with Crippen LogP contribution in [0.4, 0.5) is 13.2 Å². The van der Waals surface area contributed by atoms with Crippen molar-refractivity contribution in [3.05, 3.63) is 52.6 Å². The number of hydrogen-bond donors (Lipinski definition) is 1. The summed E-state index contributed by atoms with van der Waals surface area (Å²) < 4.78 is 53.5. The Hall–Kier alpha value is -2.54. The Balaban J connectivity index is 2.31. The Bertz CT molecular complexity index is 966. The maximum Gasteiger partial charge on any atom is 0.416 e. The van der Waals surface area contributed by atoms with Crippen molar-refractivity contribution in [2.75, 3.05) is 13.2 Å². The molecule has 1 heterocycles. The Morgan fingerprint density at radius 2 is 1.97 bits per heavy atom. The van der Waals surface area contributed by atoms with Gasteiger partial charge in [0.15, 0.2) is 6.10 Å². The first-order valence-corrected chi connectivity index (χ1v) is 11.0. The minimum absolute atomic E-state index is 0.0636. The molecule has 1 atom stereocenters. The number of rotatable bonds is 8. The van der Waals surface area contributed by atoms with E-state index in [-0.39, 0.29) is 23.7 Å². The summed E-state index contributed by atoms with van der Waals surface area (Å²) in [5, 5.41) is 9.90. The zero-order valence-corrected chi connectivity index (χ0v) is 18.6. The first-order chi connectivity index (χ1) is 15.1. The van der Waals surface area contributed by atoms with Gasteiger partial charge in [0, 0.05) is 12.2 Å². The second kappa shape index (κ2) is 9.94. The molecule has 0 saturated carbocycles. The van der Waals surface area contributed by atoms with E-state index in [4.69, 9.17) is 9.47 Å². The number of carbonyl (C=O) groups is 1. The van der Waals surface area contributed by atoms with E-state index in [0.29, 0.717) is 29.9 Å². The minimum Gasteiger partial charge on any atom is -0.493 e. The molecule has 1 aliphatic rings. The van der Waals surface area contributed by atoms with Crippen LogP contribution in [-0.2, 0) is 22.1 Å². The summed E-state index contributed by atoms with van der Waals surface area (Å²) in [7, 11) is 0. The molecule has 1 N–H and O–H groups in total. The highest BCUT2D eigenvalue weighted by Crippen LogP contribution is 2.45. The number of alkyl halides is 3. The fraction of sp³-hybridized carbons (Fsp3) is 0.480. The number of aryl methyl sites for hydroxylation is 1. The summed E-state index contributed by atoms with van der Waals surface area (Å²) in [6, 6.07) is 7.72. The third-order valence-corrected chi connectivity index (χ3v) is 5.67. The summed E-state index contributed by atoms with van der Waals surface area (Å²) in [6.45, 7) is 6.33. The molecule has 0 amide bonds. The first kappa shape index (κ1) is 24.1. The highest BCUT2D eigenvalue weighted by molar-refractivity contribution is 5.83. The van der Waals surface area contributed by atoms with Crippen LogP contribution in [0.5, 0.6) is 5.75 Å². The highest BCUT2D eigenvalue weighted by Gasteiger charge is 2.40. The molecular weight excluding hydrogens is 421 g/mol. The normalized spacial score (nSPS) is 14.7. The lowest BCUT2D eigenvalue weighted by Crippen LogP contribution is -2.23. The summed E-state index contributed by atoms with van der Waals surface area (Å²) in [5.41, 5.74) is 1.08. The van der Waals surface area contributed by atoms with Crippen molar-refractivity contribution in [1.29, 1.82) is 0 Å². The van der Waals surface area contributed by atoms with Gasteiger partial charge in [0.1, 0.15) is 5.75 Å². The van der Waals surface area contributed by atoms with Crippen LogP contribution >= 0.6 is 0 Å². The van der Waals surface area contributed by atoms with E-state index >= 15 is 0 Å². The van der Waals surface area contributed by atoms with Crippen molar-refractivity contribution >= 4 is 5.97 Å². The van der Waals surface area contributed by atoms with Crippen molar-refractivity contribution in [1.82, 2.24) is 0 Å². The van der Waals surface area contributed by atoms with Gasteiger partial charge in [-0.1, -0.05) is 39.3 Å². The molecular formula is C25H29F3O4. The molecule has 4 nitrogen and oxygen atoms in total. The Labute approximate surface area is 186 Å². The largest absolute Gasteiger partial charge is 0.493 e. The Kier molecular flexibility index (Phi) is 7.49. The second-order valence-electron chi connectivity index (χ2n) is 8.36. The molecule has 2 aromatic carbocycles. The number of benzene rings is 2. The van der Waals surface area contributed by atoms with Gasteiger partial charge in [-0.3, -0.25) is 0 Å². The van der Waals surface area contributed by atoms with Crippen LogP contribution in [0.2, 0.25) is 0 Å². The number of carboxylic acids is 1. The number of carboxylic acid groups (broad SMARTS) is 1. The predicted octanol–water partition coefficient (Wildman–Crippen LogP) is 6.76. The van der Waals surface area contributed by atoms with Gasteiger partial charge in [0.25, 0.3) is 0 Å². The maximum atomic E-state index is 14.1. The topological polar surface area (TPSA) is 55.8 Å². The first-order valence-electron chi connectivity index (χ1n) is 11.0. The number of hydrogen-bond acceptors (Lipinski definition) is 3. The summed E-state index contributed by atoms with van der Waals surface area (Å²) in [6.07, 6.45) is -3.58. The van der Waals surface area contributed by atoms with Crippen molar-refractivity contribution in [2.45, 2.75) is 64.7 Å². The molecule has 2 aromatic rings. The van der Waals surface area contributed by atoms with Crippen LogP contribution in [0.3, 0.4) is 0 Å². The number of halogens is 3. The van der Waals surface area contributed by atoms with Gasteiger partial charge in [0.2, 0.25) is 0 Å². The molecule has 0 radical (unpaired) electrons. The van der Waals surface area contributed by atoms with Crippen LogP contribution in [-0.4, -0.2) is 24.3 Å². The molecule has 32 heavy (non-hydrogen) atoms. The number of unbranched alkanes of at least 4 members (excludes halogenated alkanes) is 1. The zero-order valence-electron chi connectivity index (χ0n) is 18.6. The van der Waals surface area contributed by atoms with E-state index in [9.17, 15) is 23.1 Å². The van der Waals surface area contributed by atoms with Gasteiger partial charge in [-0.15, -0.1) is 0 Å². The average molecular weight is 450 g/mol. The molecule has 0 bridgehead atoms. The Morgan fingerprint density at radius 1 is 1.22 bits per heavy atom. The number of aliphatic carboxylic acids is 1. The van der Waals surface area contributed by atoms with Gasteiger partial charge in [-0.2, -0.15) is 13.2 Å². The average Bonchev–Trinajstić information content (AvgIpc) is 2.74. The summed E-state index contributed by atoms with van der Waals surface area (Å²) in [5.74, 6) is -0.841. The fourth-order valence-corrected chi connectivity index (χ4v) is 4.10. The van der Waals surface area contributed by atoms with Gasteiger partial charge < -0.3 is 14.6 Å². The molecule has 0 saturated heterocycles. The standard InChI is InChI=1S/C25H29F3O4/c1-4-5-12-32-23(24(29)30)22-19(25(26,27)28)10-9-18(15(2)3)21(22)17-8-11-20-16(14-17)7-6-13-31-20/h8-11,14-15,23H,4-7,12-13H2,1-3H3,(H,29,30). The lowest BCUT2D eigenvalue weighted by atomic mass is 9.83. The van der Waals surface area contributed by atoms with Gasteiger partial charge in [-0.05, 0) is 65.6 Å².